The van der Waals surface area contributed by atoms with Gasteiger partial charge in [0.2, 0.25) is 5.82 Å². The zero-order chi connectivity index (χ0) is 14.7. The van der Waals surface area contributed by atoms with E-state index in [0.717, 1.165) is 38.1 Å². The van der Waals surface area contributed by atoms with Crippen LogP contribution < -0.4 is 5.32 Å². The van der Waals surface area contributed by atoms with E-state index in [0.29, 0.717) is 0 Å². The molecule has 1 amide bonds. The Hall–Kier alpha value is -2.02. The number of nitrogens with zero attached hydrogens (tertiary/aromatic N) is 2. The number of halogens is 1. The van der Waals surface area contributed by atoms with E-state index in [1.807, 2.05) is 7.05 Å². The van der Waals surface area contributed by atoms with Gasteiger partial charge in [-0.15, -0.1) is 0 Å². The van der Waals surface area contributed by atoms with Gasteiger partial charge in [-0.25, -0.2) is 0 Å². The summed E-state index contributed by atoms with van der Waals surface area (Å²) >= 11 is 0. The largest absolute Gasteiger partial charge is 0.348 e. The van der Waals surface area contributed by atoms with Crippen molar-refractivity contribution < 1.29 is 14.1 Å². The fourth-order valence-corrected chi connectivity index (χ4v) is 2.35. The molecule has 108 valence electrons. The fourth-order valence-electron chi connectivity index (χ4n) is 2.35. The molecule has 0 aliphatic carbocycles. The first-order valence-electron chi connectivity index (χ1n) is 6.40. The fraction of sp³-hybridized carbons (Fsp3) is 0.462. The Bertz CT molecular complexity index is 536. The summed E-state index contributed by atoms with van der Waals surface area (Å²) in [6, 6.07) is 3.21. The summed E-state index contributed by atoms with van der Waals surface area (Å²) in [5.41, 5.74) is -0.528. The van der Waals surface area contributed by atoms with E-state index in [9.17, 15) is 19.3 Å². The molecule has 1 aliphatic heterocycles. The highest BCUT2D eigenvalue weighted by Crippen LogP contribution is 2.18. The summed E-state index contributed by atoms with van der Waals surface area (Å²) in [7, 11) is 1.98. The van der Waals surface area contributed by atoms with Gasteiger partial charge in [0, 0.05) is 24.2 Å². The van der Waals surface area contributed by atoms with Crippen molar-refractivity contribution in [1.82, 2.24) is 10.2 Å². The zero-order valence-electron chi connectivity index (χ0n) is 11.1. The number of amides is 1. The predicted octanol–water partition coefficient (Wildman–Crippen LogP) is 1.56. The van der Waals surface area contributed by atoms with Gasteiger partial charge in [0.05, 0.1) is 4.92 Å². The molecule has 1 atom stereocenters. The zero-order valence-corrected chi connectivity index (χ0v) is 11.1. The lowest BCUT2D eigenvalue weighted by atomic mass is 10.1. The number of nitrogens with one attached hydrogen (secondary N) is 1. The second kappa shape index (κ2) is 5.96. The van der Waals surface area contributed by atoms with Gasteiger partial charge in [-0.2, -0.15) is 4.39 Å². The van der Waals surface area contributed by atoms with E-state index in [-0.39, 0.29) is 11.6 Å². The van der Waals surface area contributed by atoms with E-state index in [1.54, 1.807) is 0 Å². The number of rotatable bonds is 3. The van der Waals surface area contributed by atoms with Crippen LogP contribution in [0.3, 0.4) is 0 Å². The Morgan fingerprint density at radius 1 is 1.55 bits per heavy atom. The van der Waals surface area contributed by atoms with Gasteiger partial charge in [-0.05, 0) is 38.6 Å². The topological polar surface area (TPSA) is 75.5 Å². The van der Waals surface area contributed by atoms with Crippen molar-refractivity contribution in [2.24, 2.45) is 0 Å². The monoisotopic (exact) mass is 281 g/mol. The normalized spacial score (nSPS) is 19.6. The molecule has 1 N–H and O–H groups in total. The number of nitro groups is 1. The first kappa shape index (κ1) is 14.4. The first-order valence-corrected chi connectivity index (χ1v) is 6.40. The molecule has 1 fully saturated rings. The average molecular weight is 281 g/mol. The van der Waals surface area contributed by atoms with E-state index >= 15 is 0 Å². The van der Waals surface area contributed by atoms with Crippen molar-refractivity contribution in [1.29, 1.82) is 0 Å². The van der Waals surface area contributed by atoms with Gasteiger partial charge < -0.3 is 10.2 Å². The van der Waals surface area contributed by atoms with Crippen molar-refractivity contribution in [3.8, 4) is 0 Å². The molecule has 0 radical (unpaired) electrons. The minimum Gasteiger partial charge on any atom is -0.348 e. The number of hydrogen-bond acceptors (Lipinski definition) is 4. The third-order valence-corrected chi connectivity index (χ3v) is 3.37. The van der Waals surface area contributed by atoms with Crippen molar-refractivity contribution in [2.75, 3.05) is 20.1 Å². The molecular formula is C13H16FN3O3. The van der Waals surface area contributed by atoms with Gasteiger partial charge in [0.25, 0.3) is 5.91 Å². The Labute approximate surface area is 115 Å². The average Bonchev–Trinajstić information content (AvgIpc) is 2.38. The van der Waals surface area contributed by atoms with Crippen molar-refractivity contribution >= 4 is 11.6 Å². The molecule has 1 heterocycles. The number of piperidine rings is 1. The number of benzene rings is 1. The highest BCUT2D eigenvalue weighted by Gasteiger charge is 2.21. The minimum atomic E-state index is -0.997. The lowest BCUT2D eigenvalue weighted by Gasteiger charge is -2.30. The highest BCUT2D eigenvalue weighted by molar-refractivity contribution is 5.94. The maximum atomic E-state index is 13.5. The Morgan fingerprint density at radius 2 is 2.30 bits per heavy atom. The highest BCUT2D eigenvalue weighted by atomic mass is 19.1. The van der Waals surface area contributed by atoms with Crippen LogP contribution in [-0.2, 0) is 0 Å². The molecule has 6 nitrogen and oxygen atoms in total. The molecule has 1 saturated heterocycles. The van der Waals surface area contributed by atoms with Gasteiger partial charge in [-0.3, -0.25) is 14.9 Å². The molecule has 2 rings (SSSR count). The van der Waals surface area contributed by atoms with Gasteiger partial charge >= 0.3 is 5.69 Å². The van der Waals surface area contributed by atoms with Crippen LogP contribution in [0.25, 0.3) is 0 Å². The van der Waals surface area contributed by atoms with Crippen LogP contribution in [0, 0.1) is 15.9 Å². The SMILES string of the molecule is CN1CCCC(NC(=O)c2ccc([N+](=O)[O-])c(F)c2)C1. The van der Waals surface area contributed by atoms with E-state index < -0.39 is 22.3 Å². The van der Waals surface area contributed by atoms with E-state index in [1.165, 1.54) is 6.07 Å². The number of nitro benzene ring substituents is 1. The third kappa shape index (κ3) is 3.30. The summed E-state index contributed by atoms with van der Waals surface area (Å²) in [5, 5.41) is 13.3. The Kier molecular flexibility index (Phi) is 4.29. The lowest BCUT2D eigenvalue weighted by molar-refractivity contribution is -0.387. The van der Waals surface area contributed by atoms with Gasteiger partial charge in [-0.1, -0.05) is 0 Å². The summed E-state index contributed by atoms with van der Waals surface area (Å²) in [6.07, 6.45) is 1.88. The van der Waals surface area contributed by atoms with Crippen molar-refractivity contribution in [3.05, 3.63) is 39.7 Å². The van der Waals surface area contributed by atoms with Crippen LogP contribution in [0.15, 0.2) is 18.2 Å². The van der Waals surface area contributed by atoms with Crippen LogP contribution in [-0.4, -0.2) is 41.9 Å². The summed E-state index contributed by atoms with van der Waals surface area (Å²) in [4.78, 5) is 23.8. The quantitative estimate of drug-likeness (QED) is 0.674. The van der Waals surface area contributed by atoms with E-state index in [4.69, 9.17) is 0 Å². The summed E-state index contributed by atoms with van der Waals surface area (Å²) in [6.45, 7) is 1.75. The summed E-state index contributed by atoms with van der Waals surface area (Å²) in [5.74, 6) is -1.40. The van der Waals surface area contributed by atoms with E-state index in [2.05, 4.69) is 10.2 Å². The molecule has 7 heteroatoms. The van der Waals surface area contributed by atoms with Crippen molar-refractivity contribution in [2.45, 2.75) is 18.9 Å². The van der Waals surface area contributed by atoms with Crippen LogP contribution in [0.5, 0.6) is 0 Å². The maximum absolute atomic E-state index is 13.5. The maximum Gasteiger partial charge on any atom is 0.304 e. The first-order chi connectivity index (χ1) is 9.47. The molecule has 0 aromatic heterocycles. The number of likely N-dealkylation sites (tertiary alicyclic amines) is 1. The van der Waals surface area contributed by atoms with Crippen LogP contribution >= 0.6 is 0 Å². The molecule has 0 bridgehead atoms. The molecule has 1 aromatic rings. The van der Waals surface area contributed by atoms with Crippen LogP contribution in [0.1, 0.15) is 23.2 Å². The Morgan fingerprint density at radius 3 is 2.90 bits per heavy atom. The molecule has 0 saturated carbocycles. The smallest absolute Gasteiger partial charge is 0.304 e. The van der Waals surface area contributed by atoms with Gasteiger partial charge in [0.15, 0.2) is 0 Å². The second-order valence-corrected chi connectivity index (χ2v) is 5.00. The predicted molar refractivity (Wildman–Crippen MR) is 71.0 cm³/mol. The summed E-state index contributed by atoms with van der Waals surface area (Å²) < 4.78 is 13.5. The third-order valence-electron chi connectivity index (χ3n) is 3.37. The number of likely N-dealkylation sites (N-methyl/N-ethyl adjacent to an activating group) is 1. The molecule has 1 aliphatic rings. The molecule has 20 heavy (non-hydrogen) atoms. The number of carbonyl (C=O) groups excluding carboxylic acids is 1. The molecule has 0 spiro atoms. The second-order valence-electron chi connectivity index (χ2n) is 5.00. The minimum absolute atomic E-state index is 0.0273. The van der Waals surface area contributed by atoms with Gasteiger partial charge in [0.1, 0.15) is 0 Å². The van der Waals surface area contributed by atoms with Crippen LogP contribution in [0.4, 0.5) is 10.1 Å². The lowest BCUT2D eigenvalue weighted by Crippen LogP contribution is -2.46. The van der Waals surface area contributed by atoms with Crippen LogP contribution in [0.2, 0.25) is 0 Å². The molecule has 1 aromatic carbocycles. The van der Waals surface area contributed by atoms with Crippen molar-refractivity contribution in [3.63, 3.8) is 0 Å². The molecular weight excluding hydrogens is 265 g/mol. The number of carbonyl (C=O) groups is 1. The Balaban J connectivity index is 2.05. The number of hydrogen-bond donors (Lipinski definition) is 1. The standard InChI is InChI=1S/C13H16FN3O3/c1-16-6-2-3-10(8-16)15-13(18)9-4-5-12(17(19)20)11(14)7-9/h4-5,7,10H,2-3,6,8H2,1H3,(H,15,18). The molecule has 1 unspecified atom stereocenters.